The molecule has 5 rings (SSSR count). The summed E-state index contributed by atoms with van der Waals surface area (Å²) in [6.45, 7) is 4.62. The zero-order chi connectivity index (χ0) is 33.9. The number of hydrogen-bond donors (Lipinski definition) is 3. The van der Waals surface area contributed by atoms with Crippen LogP contribution in [-0.4, -0.2) is 78.2 Å². The van der Waals surface area contributed by atoms with E-state index in [9.17, 15) is 19.2 Å². The maximum absolute atomic E-state index is 14.1. The number of alkyl halides is 1. The highest BCUT2D eigenvalue weighted by Gasteiger charge is 2.46. The van der Waals surface area contributed by atoms with Gasteiger partial charge in [-0.25, -0.2) is 10.2 Å². The fourth-order valence-electron chi connectivity index (χ4n) is 5.96. The Morgan fingerprint density at radius 3 is 2.23 bits per heavy atom. The van der Waals surface area contributed by atoms with Crippen LogP contribution >= 0.6 is 35.6 Å². The minimum atomic E-state index is -1.40. The number of amides is 4. The third-order valence-corrected chi connectivity index (χ3v) is 8.90. The van der Waals surface area contributed by atoms with Gasteiger partial charge in [-0.3, -0.25) is 19.4 Å². The lowest BCUT2D eigenvalue weighted by molar-refractivity contribution is -0.130. The molecule has 0 bridgehead atoms. The van der Waals surface area contributed by atoms with E-state index in [4.69, 9.17) is 33.7 Å². The van der Waals surface area contributed by atoms with Crippen LogP contribution in [0.1, 0.15) is 35.3 Å². The maximum atomic E-state index is 14.1. The SMILES string of the molecule is CNN1c2ccc(Cl)c(-c3cccc(C(=O)N4CCN(C(C)=O)CC4)c3)c2C(C(=O)CNC(N)=O)=C(OCc2ccccc2)C1(C)Cl.Cl. The van der Waals surface area contributed by atoms with Crippen molar-refractivity contribution in [3.8, 4) is 11.1 Å². The molecule has 0 radical (unpaired) electrons. The molecule has 0 spiro atoms. The molecule has 3 aromatic carbocycles. The number of primary amides is 1. The van der Waals surface area contributed by atoms with Crippen molar-refractivity contribution in [3.63, 3.8) is 0 Å². The maximum Gasteiger partial charge on any atom is 0.312 e. The number of benzene rings is 3. The smallest absolute Gasteiger partial charge is 0.312 e. The summed E-state index contributed by atoms with van der Waals surface area (Å²) in [5.41, 5.74) is 11.8. The Morgan fingerprint density at radius 1 is 0.938 bits per heavy atom. The van der Waals surface area contributed by atoms with Gasteiger partial charge in [0.05, 0.1) is 17.8 Å². The predicted molar refractivity (Wildman–Crippen MR) is 189 cm³/mol. The number of nitrogens with zero attached hydrogens (tertiary/aromatic N) is 3. The standard InChI is InChI=1S/C34H36Cl2N6O5.ClH/c1-21(43)40-14-16-41(17-15-40)32(45)24-11-7-10-23(18-24)28-25(35)12-13-26-29(28)30(27(44)19-39-33(37)46)31(34(2,36)42(26)38-3)47-20-22-8-5-4-6-9-22;/h4-13,18,38H,14-17,19-20H2,1-3H3,(H3,37,39,46);1H. The number of Topliss-reactive ketones (excluding diaryl/α,β-unsaturated/α-hetero) is 1. The van der Waals surface area contributed by atoms with E-state index in [1.807, 2.05) is 30.3 Å². The van der Waals surface area contributed by atoms with E-state index in [-0.39, 0.29) is 42.2 Å². The summed E-state index contributed by atoms with van der Waals surface area (Å²) in [5.74, 6) is -0.580. The lowest BCUT2D eigenvalue weighted by Crippen LogP contribution is -2.54. The molecule has 1 saturated heterocycles. The van der Waals surface area contributed by atoms with Crippen molar-refractivity contribution in [1.82, 2.24) is 20.5 Å². The van der Waals surface area contributed by atoms with Gasteiger partial charge in [-0.05, 0) is 42.3 Å². The number of carbonyl (C=O) groups excluding carboxylic acids is 4. The van der Waals surface area contributed by atoms with Gasteiger partial charge in [0.15, 0.2) is 16.5 Å². The minimum Gasteiger partial charge on any atom is -0.489 e. The predicted octanol–water partition coefficient (Wildman–Crippen LogP) is 4.81. The van der Waals surface area contributed by atoms with Crippen LogP contribution in [0.5, 0.6) is 0 Å². The number of rotatable bonds is 9. The molecule has 1 unspecified atom stereocenters. The van der Waals surface area contributed by atoms with Gasteiger partial charge in [0.2, 0.25) is 5.91 Å². The van der Waals surface area contributed by atoms with Gasteiger partial charge in [-0.1, -0.05) is 65.7 Å². The average Bonchev–Trinajstić information content (AvgIpc) is 3.06. The summed E-state index contributed by atoms with van der Waals surface area (Å²) in [5, 5.41) is 4.37. The number of carbonyl (C=O) groups is 4. The highest BCUT2D eigenvalue weighted by Crippen LogP contribution is 2.51. The van der Waals surface area contributed by atoms with Crippen molar-refractivity contribution in [2.75, 3.05) is 44.8 Å². The van der Waals surface area contributed by atoms with Crippen LogP contribution in [0.15, 0.2) is 72.5 Å². The number of anilines is 1. The van der Waals surface area contributed by atoms with Crippen LogP contribution in [0.2, 0.25) is 5.02 Å². The second kappa shape index (κ2) is 15.3. The van der Waals surface area contributed by atoms with Gasteiger partial charge in [0.1, 0.15) is 6.61 Å². The minimum absolute atomic E-state index is 0. The number of piperazine rings is 1. The zero-order valence-electron chi connectivity index (χ0n) is 26.7. The van der Waals surface area contributed by atoms with Gasteiger partial charge >= 0.3 is 6.03 Å². The molecular weight excluding hydrogens is 679 g/mol. The fraction of sp³-hybridized carbons (Fsp3) is 0.294. The normalized spacial score (nSPS) is 17.3. The third kappa shape index (κ3) is 7.39. The summed E-state index contributed by atoms with van der Waals surface area (Å²) >= 11 is 14.2. The molecule has 0 saturated carbocycles. The summed E-state index contributed by atoms with van der Waals surface area (Å²) in [4.78, 5) is 53.2. The van der Waals surface area contributed by atoms with E-state index in [1.54, 1.807) is 65.2 Å². The van der Waals surface area contributed by atoms with Crippen LogP contribution < -0.4 is 21.5 Å². The number of nitrogens with two attached hydrogens (primary N) is 1. The van der Waals surface area contributed by atoms with Gasteiger partial charge in [0.25, 0.3) is 5.91 Å². The fourth-order valence-corrected chi connectivity index (χ4v) is 6.55. The van der Waals surface area contributed by atoms with Gasteiger partial charge in [-0.15, -0.1) is 12.4 Å². The lowest BCUT2D eigenvalue weighted by atomic mass is 9.85. The van der Waals surface area contributed by atoms with E-state index in [0.29, 0.717) is 59.1 Å². The molecule has 3 aromatic rings. The first kappa shape index (κ1) is 36.5. The van der Waals surface area contributed by atoms with Gasteiger partial charge in [0, 0.05) is 61.9 Å². The lowest BCUT2D eigenvalue weighted by Gasteiger charge is -2.44. The summed E-state index contributed by atoms with van der Waals surface area (Å²) < 4.78 is 6.38. The Morgan fingerprint density at radius 2 is 1.60 bits per heavy atom. The highest BCUT2D eigenvalue weighted by atomic mass is 35.5. The van der Waals surface area contributed by atoms with Crippen molar-refractivity contribution in [1.29, 1.82) is 0 Å². The topological polar surface area (TPSA) is 137 Å². The number of urea groups is 1. The number of hydrazine groups is 1. The molecule has 48 heavy (non-hydrogen) atoms. The van der Waals surface area contributed by atoms with Crippen molar-refractivity contribution in [2.24, 2.45) is 5.73 Å². The molecule has 254 valence electrons. The molecule has 2 aliphatic heterocycles. The highest BCUT2D eigenvalue weighted by molar-refractivity contribution is 6.37. The van der Waals surface area contributed by atoms with E-state index in [1.165, 1.54) is 6.92 Å². The number of hydrogen-bond acceptors (Lipinski definition) is 7. The molecule has 1 atom stereocenters. The van der Waals surface area contributed by atoms with Crippen LogP contribution in [0, 0.1) is 0 Å². The summed E-state index contributed by atoms with van der Waals surface area (Å²) in [6.07, 6.45) is 0. The first-order chi connectivity index (χ1) is 22.4. The molecule has 0 aliphatic carbocycles. The Labute approximate surface area is 295 Å². The van der Waals surface area contributed by atoms with Crippen LogP contribution in [0.25, 0.3) is 16.7 Å². The van der Waals surface area contributed by atoms with E-state index in [2.05, 4.69) is 10.7 Å². The Bertz CT molecular complexity index is 1740. The molecule has 1 fully saturated rings. The molecule has 4 amide bonds. The monoisotopic (exact) mass is 714 g/mol. The van der Waals surface area contributed by atoms with Crippen molar-refractivity contribution >= 4 is 70.5 Å². The molecule has 2 heterocycles. The molecule has 2 aliphatic rings. The van der Waals surface area contributed by atoms with E-state index < -0.39 is 23.4 Å². The van der Waals surface area contributed by atoms with E-state index in [0.717, 1.165) is 5.56 Å². The van der Waals surface area contributed by atoms with E-state index >= 15 is 0 Å². The first-order valence-corrected chi connectivity index (χ1v) is 15.8. The average molecular weight is 716 g/mol. The number of halogens is 3. The summed E-state index contributed by atoms with van der Waals surface area (Å²) in [7, 11) is 1.69. The van der Waals surface area contributed by atoms with Gasteiger partial charge < -0.3 is 25.6 Å². The van der Waals surface area contributed by atoms with Crippen LogP contribution in [0.3, 0.4) is 0 Å². The second-order valence-electron chi connectivity index (χ2n) is 11.3. The molecule has 14 heteroatoms. The molecule has 4 N–H and O–H groups in total. The number of ketones is 1. The van der Waals surface area contributed by atoms with Gasteiger partial charge in [-0.2, -0.15) is 0 Å². The Hall–Kier alpha value is -4.29. The second-order valence-corrected chi connectivity index (χ2v) is 12.5. The summed E-state index contributed by atoms with van der Waals surface area (Å²) in [6, 6.07) is 19.0. The molecular formula is C34H37Cl3N6O5. The largest absolute Gasteiger partial charge is 0.489 e. The molecule has 11 nitrogen and oxygen atoms in total. The third-order valence-electron chi connectivity index (χ3n) is 8.25. The number of ether oxygens (including phenoxy) is 1. The number of nitrogens with one attached hydrogen (secondary N) is 2. The van der Waals surface area contributed by atoms with Crippen LogP contribution in [0.4, 0.5) is 10.5 Å². The van der Waals surface area contributed by atoms with Crippen LogP contribution in [-0.2, 0) is 20.9 Å². The molecule has 0 aromatic heterocycles. The zero-order valence-corrected chi connectivity index (χ0v) is 29.0. The number of fused-ring (bicyclic) bond motifs is 1. The Balaban J connectivity index is 0.00000520. The quantitative estimate of drug-likeness (QED) is 0.214. The first-order valence-electron chi connectivity index (χ1n) is 15.1. The van der Waals surface area contributed by atoms with Crippen molar-refractivity contribution in [2.45, 2.75) is 25.5 Å². The van der Waals surface area contributed by atoms with Crippen molar-refractivity contribution < 1.29 is 23.9 Å². The Kier molecular flexibility index (Phi) is 11.6. The van der Waals surface area contributed by atoms with Crippen molar-refractivity contribution in [3.05, 3.63) is 94.2 Å².